The van der Waals surface area contributed by atoms with Crippen LogP contribution in [0.4, 0.5) is 0 Å². The van der Waals surface area contributed by atoms with Crippen LogP contribution in [0.1, 0.15) is 28.6 Å². The van der Waals surface area contributed by atoms with Crippen molar-refractivity contribution in [1.82, 2.24) is 0 Å². The van der Waals surface area contributed by atoms with E-state index in [0.717, 1.165) is 5.56 Å². The van der Waals surface area contributed by atoms with E-state index in [9.17, 15) is 9.59 Å². The van der Waals surface area contributed by atoms with Crippen molar-refractivity contribution >= 4 is 18.0 Å². The number of nitriles is 1. The van der Waals surface area contributed by atoms with Crippen molar-refractivity contribution in [2.45, 2.75) is 13.8 Å². The first-order chi connectivity index (χ1) is 11.5. The third-order valence-electron chi connectivity index (χ3n) is 3.28. The second-order valence-electron chi connectivity index (χ2n) is 4.93. The van der Waals surface area contributed by atoms with Crippen LogP contribution in [-0.2, 0) is 9.53 Å². The van der Waals surface area contributed by atoms with E-state index in [1.807, 2.05) is 6.92 Å². The first kappa shape index (κ1) is 17.0. The van der Waals surface area contributed by atoms with Crippen molar-refractivity contribution in [3.05, 3.63) is 52.8 Å². The number of nitrogens with zero attached hydrogens (tertiary/aromatic N) is 1. The lowest BCUT2D eigenvalue weighted by atomic mass is 10.0. The number of benzene rings is 1. The molecule has 2 aromatic rings. The molecule has 1 N–H and O–H groups in total. The summed E-state index contributed by atoms with van der Waals surface area (Å²) in [5.41, 5.74) is 1.45. The first-order valence-electron chi connectivity index (χ1n) is 7.19. The molecule has 0 spiro atoms. The van der Waals surface area contributed by atoms with Gasteiger partial charge < -0.3 is 14.3 Å². The number of carbonyl (C=O) groups excluding carboxylic acids is 1. The van der Waals surface area contributed by atoms with Crippen molar-refractivity contribution in [3.8, 4) is 17.4 Å². The molecule has 1 heterocycles. The summed E-state index contributed by atoms with van der Waals surface area (Å²) in [5.74, 6) is -1.00. The highest BCUT2D eigenvalue weighted by molar-refractivity contribution is 5.97. The van der Waals surface area contributed by atoms with E-state index in [4.69, 9.17) is 19.5 Å². The topological polar surface area (TPSA) is 101 Å². The third-order valence-corrected chi connectivity index (χ3v) is 3.28. The summed E-state index contributed by atoms with van der Waals surface area (Å²) < 4.78 is 10.4. The lowest BCUT2D eigenvalue weighted by Gasteiger charge is -2.04. The van der Waals surface area contributed by atoms with Gasteiger partial charge in [0.25, 0.3) is 0 Å². The SMILES string of the molecule is CCOC(=O)/C(C#N)=C/c1ccc(-c2cc(C(=O)O)ccc2C)o1. The van der Waals surface area contributed by atoms with Gasteiger partial charge in [-0.1, -0.05) is 6.07 Å². The molecule has 24 heavy (non-hydrogen) atoms. The highest BCUT2D eigenvalue weighted by Gasteiger charge is 2.13. The summed E-state index contributed by atoms with van der Waals surface area (Å²) in [5, 5.41) is 18.1. The monoisotopic (exact) mass is 325 g/mol. The maximum atomic E-state index is 11.6. The maximum absolute atomic E-state index is 11.6. The zero-order chi connectivity index (χ0) is 17.7. The zero-order valence-electron chi connectivity index (χ0n) is 13.2. The van der Waals surface area contributed by atoms with Gasteiger partial charge in [0.2, 0.25) is 0 Å². The number of carboxylic acid groups (broad SMARTS) is 1. The molecular formula is C18H15NO5. The Morgan fingerprint density at radius 2 is 2.08 bits per heavy atom. The van der Waals surface area contributed by atoms with Gasteiger partial charge in [0.1, 0.15) is 23.2 Å². The molecule has 0 amide bonds. The van der Waals surface area contributed by atoms with Gasteiger partial charge in [0, 0.05) is 11.6 Å². The van der Waals surface area contributed by atoms with Gasteiger partial charge in [-0.3, -0.25) is 0 Å². The van der Waals surface area contributed by atoms with Crippen LogP contribution in [0.25, 0.3) is 17.4 Å². The maximum Gasteiger partial charge on any atom is 0.349 e. The lowest BCUT2D eigenvalue weighted by Crippen LogP contribution is -2.05. The van der Waals surface area contributed by atoms with Crippen molar-refractivity contribution < 1.29 is 23.8 Å². The molecule has 122 valence electrons. The summed E-state index contributed by atoms with van der Waals surface area (Å²) in [7, 11) is 0. The summed E-state index contributed by atoms with van der Waals surface area (Å²) in [4.78, 5) is 22.7. The van der Waals surface area contributed by atoms with Crippen molar-refractivity contribution in [2.24, 2.45) is 0 Å². The minimum Gasteiger partial charge on any atom is -0.478 e. The molecule has 0 aliphatic rings. The number of carboxylic acids is 1. The molecule has 0 atom stereocenters. The van der Waals surface area contributed by atoms with Gasteiger partial charge in [-0.05, 0) is 43.7 Å². The summed E-state index contributed by atoms with van der Waals surface area (Å²) in [6.07, 6.45) is 1.29. The van der Waals surface area contributed by atoms with Crippen molar-refractivity contribution in [3.63, 3.8) is 0 Å². The Balaban J connectivity index is 2.38. The standard InChI is InChI=1S/C18H15NO5/c1-3-23-18(22)13(10-19)8-14-6-7-16(24-14)15-9-12(17(20)21)5-4-11(15)2/h4-9H,3H2,1-2H3,(H,20,21)/b13-8+. The molecule has 2 rings (SSSR count). The fourth-order valence-electron chi connectivity index (χ4n) is 2.08. The Morgan fingerprint density at radius 3 is 2.71 bits per heavy atom. The molecular weight excluding hydrogens is 310 g/mol. The Kier molecular flexibility index (Phi) is 5.17. The summed E-state index contributed by atoms with van der Waals surface area (Å²) in [6.45, 7) is 3.65. The van der Waals surface area contributed by atoms with Gasteiger partial charge in [0.05, 0.1) is 12.2 Å². The van der Waals surface area contributed by atoms with E-state index >= 15 is 0 Å². The van der Waals surface area contributed by atoms with E-state index in [2.05, 4.69) is 0 Å². The van der Waals surface area contributed by atoms with Crippen LogP contribution < -0.4 is 0 Å². The second-order valence-corrected chi connectivity index (χ2v) is 4.93. The number of furan rings is 1. The summed E-state index contributed by atoms with van der Waals surface area (Å²) >= 11 is 0. The largest absolute Gasteiger partial charge is 0.478 e. The van der Waals surface area contributed by atoms with Gasteiger partial charge in [-0.25, -0.2) is 9.59 Å². The Morgan fingerprint density at radius 1 is 1.33 bits per heavy atom. The molecule has 1 aromatic carbocycles. The number of aryl methyl sites for hydroxylation is 1. The number of hydrogen-bond acceptors (Lipinski definition) is 5. The number of aromatic carboxylic acids is 1. The highest BCUT2D eigenvalue weighted by atomic mass is 16.5. The number of hydrogen-bond donors (Lipinski definition) is 1. The van der Waals surface area contributed by atoms with Gasteiger partial charge in [-0.15, -0.1) is 0 Å². The van der Waals surface area contributed by atoms with Crippen LogP contribution >= 0.6 is 0 Å². The molecule has 0 fully saturated rings. The van der Waals surface area contributed by atoms with Gasteiger partial charge >= 0.3 is 11.9 Å². The number of ether oxygens (including phenoxy) is 1. The minimum atomic E-state index is -1.03. The number of rotatable bonds is 5. The minimum absolute atomic E-state index is 0.147. The molecule has 0 radical (unpaired) electrons. The van der Waals surface area contributed by atoms with E-state index in [-0.39, 0.29) is 17.7 Å². The molecule has 0 aliphatic heterocycles. The van der Waals surface area contributed by atoms with E-state index in [1.165, 1.54) is 18.2 Å². The zero-order valence-corrected chi connectivity index (χ0v) is 13.2. The molecule has 1 aromatic heterocycles. The van der Waals surface area contributed by atoms with E-state index in [0.29, 0.717) is 17.1 Å². The van der Waals surface area contributed by atoms with Crippen LogP contribution in [0, 0.1) is 18.3 Å². The molecule has 0 saturated carbocycles. The highest BCUT2D eigenvalue weighted by Crippen LogP contribution is 2.27. The fourth-order valence-corrected chi connectivity index (χ4v) is 2.08. The molecule has 6 nitrogen and oxygen atoms in total. The van der Waals surface area contributed by atoms with E-state index in [1.54, 1.807) is 31.2 Å². The first-order valence-corrected chi connectivity index (χ1v) is 7.19. The quantitative estimate of drug-likeness (QED) is 0.513. The second kappa shape index (κ2) is 7.29. The summed E-state index contributed by atoms with van der Waals surface area (Å²) in [6, 6.07) is 9.74. The van der Waals surface area contributed by atoms with Crippen LogP contribution in [0.15, 0.2) is 40.3 Å². The van der Waals surface area contributed by atoms with Crippen molar-refractivity contribution in [1.29, 1.82) is 5.26 Å². The third kappa shape index (κ3) is 3.70. The molecule has 0 bridgehead atoms. The normalized spacial score (nSPS) is 11.0. The Hall–Kier alpha value is -3.33. The Bertz CT molecular complexity index is 855. The molecule has 0 aliphatic carbocycles. The number of esters is 1. The van der Waals surface area contributed by atoms with Crippen LogP contribution in [-0.4, -0.2) is 23.7 Å². The predicted molar refractivity (Wildman–Crippen MR) is 86.1 cm³/mol. The van der Waals surface area contributed by atoms with Gasteiger partial charge in [-0.2, -0.15) is 5.26 Å². The average Bonchev–Trinajstić information content (AvgIpc) is 3.01. The van der Waals surface area contributed by atoms with E-state index < -0.39 is 11.9 Å². The lowest BCUT2D eigenvalue weighted by molar-refractivity contribution is -0.137. The molecule has 6 heteroatoms. The van der Waals surface area contributed by atoms with Gasteiger partial charge in [0.15, 0.2) is 0 Å². The van der Waals surface area contributed by atoms with Crippen LogP contribution in [0.3, 0.4) is 0 Å². The predicted octanol–water partition coefficient (Wildman–Crippen LogP) is 3.42. The van der Waals surface area contributed by atoms with Crippen LogP contribution in [0.5, 0.6) is 0 Å². The fraction of sp³-hybridized carbons (Fsp3) is 0.167. The Labute approximate surface area is 138 Å². The average molecular weight is 325 g/mol. The smallest absolute Gasteiger partial charge is 0.349 e. The molecule has 0 unspecified atom stereocenters. The number of carbonyl (C=O) groups is 2. The molecule has 0 saturated heterocycles. The van der Waals surface area contributed by atoms with Crippen molar-refractivity contribution in [2.75, 3.05) is 6.61 Å². The van der Waals surface area contributed by atoms with Crippen LogP contribution in [0.2, 0.25) is 0 Å².